The van der Waals surface area contributed by atoms with Crippen LogP contribution in [0.15, 0.2) is 36.4 Å². The van der Waals surface area contributed by atoms with Crippen molar-refractivity contribution in [1.82, 2.24) is 24.7 Å². The Morgan fingerprint density at radius 3 is 2.48 bits per heavy atom. The lowest BCUT2D eigenvalue weighted by Crippen LogP contribution is -2.26. The minimum Gasteiger partial charge on any atom is -0.329 e. The van der Waals surface area contributed by atoms with E-state index in [0.717, 1.165) is 0 Å². The van der Waals surface area contributed by atoms with E-state index in [0.29, 0.717) is 30.3 Å². The third kappa shape index (κ3) is 1.87. The first-order valence-corrected chi connectivity index (χ1v) is 6.77. The highest BCUT2D eigenvalue weighted by Crippen LogP contribution is 2.23. The van der Waals surface area contributed by atoms with E-state index in [9.17, 15) is 4.79 Å². The highest BCUT2D eigenvalue weighted by molar-refractivity contribution is 5.92. The SMILES string of the molecule is Cc1nnc2ccc(C(=O)N3Cc4ccccc4C3)nn12. The van der Waals surface area contributed by atoms with Gasteiger partial charge in [0.15, 0.2) is 11.5 Å². The van der Waals surface area contributed by atoms with E-state index in [1.807, 2.05) is 19.1 Å². The molecule has 0 aliphatic carbocycles. The summed E-state index contributed by atoms with van der Waals surface area (Å²) in [6.45, 7) is 3.08. The van der Waals surface area contributed by atoms with Gasteiger partial charge in [-0.05, 0) is 30.2 Å². The van der Waals surface area contributed by atoms with Crippen molar-refractivity contribution in [2.45, 2.75) is 20.0 Å². The van der Waals surface area contributed by atoms with Gasteiger partial charge in [-0.25, -0.2) is 0 Å². The zero-order valence-corrected chi connectivity index (χ0v) is 11.5. The minimum absolute atomic E-state index is 0.0683. The maximum atomic E-state index is 12.6. The lowest BCUT2D eigenvalue weighted by Gasteiger charge is -2.14. The van der Waals surface area contributed by atoms with Crippen LogP contribution in [0.2, 0.25) is 0 Å². The Morgan fingerprint density at radius 2 is 1.76 bits per heavy atom. The van der Waals surface area contributed by atoms with Crippen LogP contribution >= 0.6 is 0 Å². The number of carbonyl (C=O) groups is 1. The smallest absolute Gasteiger partial charge is 0.274 e. The Labute approximate surface area is 121 Å². The van der Waals surface area contributed by atoms with Crippen molar-refractivity contribution in [1.29, 1.82) is 0 Å². The van der Waals surface area contributed by atoms with Crippen molar-refractivity contribution in [3.05, 3.63) is 59.0 Å². The molecule has 104 valence electrons. The molecule has 1 aliphatic rings. The molecule has 1 aliphatic heterocycles. The van der Waals surface area contributed by atoms with Crippen LogP contribution in [0.25, 0.3) is 5.65 Å². The molecule has 2 aromatic heterocycles. The number of hydrogen-bond acceptors (Lipinski definition) is 4. The maximum absolute atomic E-state index is 12.6. The van der Waals surface area contributed by atoms with E-state index in [4.69, 9.17) is 0 Å². The molecule has 6 heteroatoms. The van der Waals surface area contributed by atoms with Crippen LogP contribution < -0.4 is 0 Å². The summed E-state index contributed by atoms with van der Waals surface area (Å²) in [5.74, 6) is 0.602. The maximum Gasteiger partial charge on any atom is 0.274 e. The van der Waals surface area contributed by atoms with Gasteiger partial charge in [0.2, 0.25) is 0 Å². The highest BCUT2D eigenvalue weighted by atomic mass is 16.2. The second-order valence-corrected chi connectivity index (χ2v) is 5.17. The molecule has 1 aromatic carbocycles. The average Bonchev–Trinajstić information content (AvgIpc) is 3.10. The first-order chi connectivity index (χ1) is 10.2. The molecule has 3 aromatic rings. The number of benzene rings is 1. The van der Waals surface area contributed by atoms with Crippen molar-refractivity contribution in [3.63, 3.8) is 0 Å². The summed E-state index contributed by atoms with van der Waals surface area (Å²) in [6.07, 6.45) is 0. The number of amides is 1. The number of aromatic nitrogens is 4. The quantitative estimate of drug-likeness (QED) is 0.678. The topological polar surface area (TPSA) is 63.4 Å². The molecule has 21 heavy (non-hydrogen) atoms. The van der Waals surface area contributed by atoms with Crippen LogP contribution in [0.5, 0.6) is 0 Å². The van der Waals surface area contributed by atoms with Crippen LogP contribution in [0.1, 0.15) is 27.4 Å². The highest BCUT2D eigenvalue weighted by Gasteiger charge is 2.25. The fourth-order valence-corrected chi connectivity index (χ4v) is 2.65. The van der Waals surface area contributed by atoms with Gasteiger partial charge in [-0.1, -0.05) is 24.3 Å². The van der Waals surface area contributed by atoms with Crippen molar-refractivity contribution in [2.75, 3.05) is 0 Å². The fraction of sp³-hybridized carbons (Fsp3) is 0.200. The van der Waals surface area contributed by atoms with Crippen molar-refractivity contribution in [3.8, 4) is 0 Å². The summed E-state index contributed by atoms with van der Waals surface area (Å²) < 4.78 is 1.59. The molecule has 0 bridgehead atoms. The van der Waals surface area contributed by atoms with Crippen molar-refractivity contribution in [2.24, 2.45) is 0 Å². The molecule has 0 saturated heterocycles. The summed E-state index contributed by atoms with van der Waals surface area (Å²) >= 11 is 0. The predicted octanol–water partition coefficient (Wildman–Crippen LogP) is 1.59. The van der Waals surface area contributed by atoms with Gasteiger partial charge in [-0.15, -0.1) is 10.2 Å². The second-order valence-electron chi connectivity index (χ2n) is 5.17. The molecular formula is C15H13N5O. The van der Waals surface area contributed by atoms with Crippen LogP contribution in [0.4, 0.5) is 0 Å². The first-order valence-electron chi connectivity index (χ1n) is 6.77. The third-order valence-corrected chi connectivity index (χ3v) is 3.77. The van der Waals surface area contributed by atoms with E-state index in [2.05, 4.69) is 27.4 Å². The third-order valence-electron chi connectivity index (χ3n) is 3.77. The zero-order chi connectivity index (χ0) is 14.4. The van der Waals surface area contributed by atoms with Gasteiger partial charge in [0.05, 0.1) is 0 Å². The molecule has 1 amide bonds. The van der Waals surface area contributed by atoms with Crippen LogP contribution in [0, 0.1) is 6.92 Å². The Kier molecular flexibility index (Phi) is 2.50. The molecule has 0 N–H and O–H groups in total. The molecular weight excluding hydrogens is 266 g/mol. The molecule has 4 rings (SSSR count). The molecule has 0 radical (unpaired) electrons. The predicted molar refractivity (Wildman–Crippen MR) is 75.5 cm³/mol. The molecule has 6 nitrogen and oxygen atoms in total. The average molecular weight is 279 g/mol. The van der Waals surface area contributed by atoms with Gasteiger partial charge in [0.1, 0.15) is 5.69 Å². The number of hydrogen-bond donors (Lipinski definition) is 0. The Hall–Kier alpha value is -2.76. The van der Waals surface area contributed by atoms with Gasteiger partial charge in [0, 0.05) is 13.1 Å². The van der Waals surface area contributed by atoms with Crippen LogP contribution in [-0.2, 0) is 13.1 Å². The van der Waals surface area contributed by atoms with Crippen molar-refractivity contribution < 1.29 is 4.79 Å². The van der Waals surface area contributed by atoms with Crippen LogP contribution in [-0.4, -0.2) is 30.6 Å². The van der Waals surface area contributed by atoms with Gasteiger partial charge in [-0.3, -0.25) is 4.79 Å². The molecule has 0 atom stereocenters. The van der Waals surface area contributed by atoms with E-state index in [-0.39, 0.29) is 5.91 Å². The Bertz CT molecular complexity index is 829. The number of rotatable bonds is 1. The molecule has 3 heterocycles. The van der Waals surface area contributed by atoms with E-state index < -0.39 is 0 Å². The van der Waals surface area contributed by atoms with Crippen LogP contribution in [0.3, 0.4) is 0 Å². The first kappa shape index (κ1) is 12.0. The molecule has 0 unspecified atom stereocenters. The Morgan fingerprint density at radius 1 is 1.05 bits per heavy atom. The van der Waals surface area contributed by atoms with Gasteiger partial charge >= 0.3 is 0 Å². The molecule has 0 fully saturated rings. The lowest BCUT2D eigenvalue weighted by molar-refractivity contribution is 0.0744. The fourth-order valence-electron chi connectivity index (χ4n) is 2.65. The normalized spacial score (nSPS) is 13.7. The minimum atomic E-state index is -0.0683. The number of aryl methyl sites for hydroxylation is 1. The molecule has 0 spiro atoms. The summed E-state index contributed by atoms with van der Waals surface area (Å²) in [5.41, 5.74) is 3.46. The largest absolute Gasteiger partial charge is 0.329 e. The van der Waals surface area contributed by atoms with Crippen molar-refractivity contribution >= 4 is 11.6 Å². The summed E-state index contributed by atoms with van der Waals surface area (Å²) in [6, 6.07) is 11.6. The summed E-state index contributed by atoms with van der Waals surface area (Å²) in [5, 5.41) is 12.3. The van der Waals surface area contributed by atoms with Gasteiger partial charge in [0.25, 0.3) is 5.91 Å². The standard InChI is InChI=1S/C15H13N5O/c1-10-16-17-14-7-6-13(18-20(10)14)15(21)19-8-11-4-2-3-5-12(11)9-19/h2-7H,8-9H2,1H3. The number of fused-ring (bicyclic) bond motifs is 2. The number of carbonyl (C=O) groups excluding carboxylic acids is 1. The van der Waals surface area contributed by atoms with Gasteiger partial charge < -0.3 is 4.90 Å². The second kappa shape index (κ2) is 4.37. The lowest BCUT2D eigenvalue weighted by atomic mass is 10.1. The van der Waals surface area contributed by atoms with E-state index in [1.165, 1.54) is 11.1 Å². The van der Waals surface area contributed by atoms with E-state index >= 15 is 0 Å². The number of nitrogens with zero attached hydrogens (tertiary/aromatic N) is 5. The van der Waals surface area contributed by atoms with Gasteiger partial charge in [-0.2, -0.15) is 9.61 Å². The Balaban J connectivity index is 1.67. The summed E-state index contributed by atoms with van der Waals surface area (Å²) in [4.78, 5) is 14.4. The summed E-state index contributed by atoms with van der Waals surface area (Å²) in [7, 11) is 0. The zero-order valence-electron chi connectivity index (χ0n) is 11.5. The molecule has 0 saturated carbocycles. The van der Waals surface area contributed by atoms with E-state index in [1.54, 1.807) is 21.5 Å². The monoisotopic (exact) mass is 279 g/mol.